The Bertz CT molecular complexity index is 914. The summed E-state index contributed by atoms with van der Waals surface area (Å²) in [4.78, 5) is 15.6. The number of aromatic nitrogens is 2. The Morgan fingerprint density at radius 2 is 1.67 bits per heavy atom. The van der Waals surface area contributed by atoms with Gasteiger partial charge in [-0.3, -0.25) is 10.2 Å². The zero-order valence-electron chi connectivity index (χ0n) is 15.6. The van der Waals surface area contributed by atoms with Crippen LogP contribution in [-0.2, 0) is 13.1 Å². The molecule has 0 saturated carbocycles. The molecule has 0 radical (unpaired) electrons. The van der Waals surface area contributed by atoms with E-state index in [0.717, 1.165) is 42.1 Å². The van der Waals surface area contributed by atoms with Crippen molar-refractivity contribution in [3.63, 3.8) is 0 Å². The SMILES string of the molecule is Br.Br.CCN(CC)CCn1c(=N)n(CC(=O)c2cccs2)c2ccccc21. The number of rotatable bonds is 8. The summed E-state index contributed by atoms with van der Waals surface area (Å²) in [5, 5.41) is 10.5. The number of likely N-dealkylation sites (N-methyl/N-ethyl adjacent to an activating group) is 1. The van der Waals surface area contributed by atoms with E-state index in [-0.39, 0.29) is 46.3 Å². The molecule has 0 atom stereocenters. The van der Waals surface area contributed by atoms with Gasteiger partial charge in [-0.25, -0.2) is 0 Å². The van der Waals surface area contributed by atoms with Gasteiger partial charge in [0, 0.05) is 13.1 Å². The molecule has 1 aromatic carbocycles. The standard InChI is InChI=1S/C19H24N4OS.2BrH/c1-3-21(4-2)11-12-22-15-8-5-6-9-16(15)23(19(22)20)14-17(24)18-10-7-13-25-18;;/h5-10,13,20H,3-4,11-12,14H2,1-2H3;2*1H. The predicted molar refractivity (Wildman–Crippen MR) is 123 cm³/mol. The van der Waals surface area contributed by atoms with Crippen LogP contribution < -0.4 is 5.62 Å². The molecule has 5 nitrogen and oxygen atoms in total. The lowest BCUT2D eigenvalue weighted by Crippen LogP contribution is -2.32. The quantitative estimate of drug-likeness (QED) is 0.451. The molecule has 0 bridgehead atoms. The van der Waals surface area contributed by atoms with Crippen LogP contribution in [0.25, 0.3) is 11.0 Å². The number of fused-ring (bicyclic) bond motifs is 1. The van der Waals surface area contributed by atoms with Gasteiger partial charge in [0.15, 0.2) is 5.78 Å². The van der Waals surface area contributed by atoms with Crippen molar-refractivity contribution in [1.29, 1.82) is 5.41 Å². The largest absolute Gasteiger partial charge is 0.309 e. The number of nitrogens with one attached hydrogen (secondary N) is 1. The summed E-state index contributed by atoms with van der Waals surface area (Å²) in [7, 11) is 0. The number of Topliss-reactive ketones (excluding diaryl/α,β-unsaturated/α-hetero) is 1. The van der Waals surface area contributed by atoms with Crippen molar-refractivity contribution in [1.82, 2.24) is 14.0 Å². The fourth-order valence-corrected chi connectivity index (χ4v) is 3.78. The molecule has 0 fully saturated rings. The molecule has 0 amide bonds. The second-order valence-electron chi connectivity index (χ2n) is 5.98. The molecule has 8 heteroatoms. The van der Waals surface area contributed by atoms with E-state index in [0.29, 0.717) is 5.62 Å². The summed E-state index contributed by atoms with van der Waals surface area (Å²) >= 11 is 1.45. The monoisotopic (exact) mass is 516 g/mol. The van der Waals surface area contributed by atoms with Gasteiger partial charge in [-0.1, -0.05) is 32.0 Å². The predicted octanol–water partition coefficient (Wildman–Crippen LogP) is 4.36. The number of nitrogens with zero attached hydrogens (tertiary/aromatic N) is 3. The first-order chi connectivity index (χ1) is 12.2. The van der Waals surface area contributed by atoms with Crippen molar-refractivity contribution < 1.29 is 4.79 Å². The van der Waals surface area contributed by atoms with Crippen LogP contribution in [0.2, 0.25) is 0 Å². The third-order valence-corrected chi connectivity index (χ3v) is 5.52. The number of thiophene rings is 1. The van der Waals surface area contributed by atoms with E-state index in [1.165, 1.54) is 11.3 Å². The second-order valence-corrected chi connectivity index (χ2v) is 6.93. The molecule has 2 aromatic heterocycles. The van der Waals surface area contributed by atoms with E-state index in [9.17, 15) is 4.79 Å². The molecular weight excluding hydrogens is 492 g/mol. The van der Waals surface area contributed by atoms with E-state index < -0.39 is 0 Å². The van der Waals surface area contributed by atoms with Gasteiger partial charge in [0.1, 0.15) is 0 Å². The van der Waals surface area contributed by atoms with Crippen LogP contribution in [0.4, 0.5) is 0 Å². The first-order valence-electron chi connectivity index (χ1n) is 8.67. The lowest BCUT2D eigenvalue weighted by molar-refractivity contribution is 0.0975. The molecule has 2 heterocycles. The minimum Gasteiger partial charge on any atom is -0.309 e. The first-order valence-corrected chi connectivity index (χ1v) is 9.55. The molecule has 0 spiro atoms. The van der Waals surface area contributed by atoms with E-state index in [4.69, 9.17) is 5.41 Å². The molecule has 27 heavy (non-hydrogen) atoms. The topological polar surface area (TPSA) is 54.0 Å². The summed E-state index contributed by atoms with van der Waals surface area (Å²) in [6.45, 7) is 8.16. The lowest BCUT2D eigenvalue weighted by Gasteiger charge is -2.18. The maximum Gasteiger partial charge on any atom is 0.203 e. The molecule has 3 rings (SSSR count). The van der Waals surface area contributed by atoms with Gasteiger partial charge in [0.25, 0.3) is 0 Å². The molecule has 0 unspecified atom stereocenters. The summed E-state index contributed by atoms with van der Waals surface area (Å²) < 4.78 is 3.83. The van der Waals surface area contributed by atoms with Crippen LogP contribution in [0.5, 0.6) is 0 Å². The number of hydrogen-bond donors (Lipinski definition) is 1. The van der Waals surface area contributed by atoms with Gasteiger partial charge in [-0.05, 0) is 36.7 Å². The number of halogens is 2. The molecule has 0 saturated heterocycles. The van der Waals surface area contributed by atoms with Gasteiger partial charge in [0.2, 0.25) is 5.62 Å². The van der Waals surface area contributed by atoms with Crippen LogP contribution in [0.1, 0.15) is 23.5 Å². The number of benzene rings is 1. The van der Waals surface area contributed by atoms with Crippen molar-refractivity contribution in [3.8, 4) is 0 Å². The van der Waals surface area contributed by atoms with Crippen molar-refractivity contribution in [3.05, 3.63) is 52.3 Å². The van der Waals surface area contributed by atoms with Gasteiger partial charge < -0.3 is 14.0 Å². The van der Waals surface area contributed by atoms with Gasteiger partial charge in [-0.15, -0.1) is 45.3 Å². The van der Waals surface area contributed by atoms with Crippen molar-refractivity contribution in [2.45, 2.75) is 26.9 Å². The Kier molecular flexibility index (Phi) is 9.66. The summed E-state index contributed by atoms with van der Waals surface area (Å²) in [5.74, 6) is 0.0557. The molecule has 0 aliphatic carbocycles. The molecule has 1 N–H and O–H groups in total. The molecule has 0 aliphatic rings. The summed E-state index contributed by atoms with van der Waals surface area (Å²) in [6, 6.07) is 11.7. The van der Waals surface area contributed by atoms with Crippen molar-refractivity contribution in [2.75, 3.05) is 19.6 Å². The Labute approximate surface area is 184 Å². The van der Waals surface area contributed by atoms with Gasteiger partial charge in [0.05, 0.1) is 22.5 Å². The Balaban J connectivity index is 0.00000182. The minimum atomic E-state index is 0. The van der Waals surface area contributed by atoms with E-state index in [1.54, 1.807) is 0 Å². The molecular formula is C19H26Br2N4OS. The maximum absolute atomic E-state index is 12.5. The highest BCUT2D eigenvalue weighted by atomic mass is 79.9. The number of ketones is 1. The third kappa shape index (κ3) is 5.19. The molecule has 148 valence electrons. The van der Waals surface area contributed by atoms with Crippen molar-refractivity contribution >= 4 is 62.1 Å². The first kappa shape index (κ1) is 23.8. The van der Waals surface area contributed by atoms with Crippen LogP contribution in [0.3, 0.4) is 0 Å². The van der Waals surface area contributed by atoms with Crippen LogP contribution in [0, 0.1) is 5.41 Å². The lowest BCUT2D eigenvalue weighted by atomic mass is 10.3. The molecule has 3 aromatic rings. The maximum atomic E-state index is 12.5. The zero-order chi connectivity index (χ0) is 17.8. The second kappa shape index (κ2) is 10.9. The molecule has 0 aliphatic heterocycles. The van der Waals surface area contributed by atoms with Crippen LogP contribution in [0.15, 0.2) is 41.8 Å². The van der Waals surface area contributed by atoms with E-state index in [1.807, 2.05) is 50.9 Å². The van der Waals surface area contributed by atoms with Crippen LogP contribution in [-0.4, -0.2) is 39.5 Å². The fraction of sp³-hybridized carbons (Fsp3) is 0.368. The minimum absolute atomic E-state index is 0. The zero-order valence-corrected chi connectivity index (χ0v) is 19.8. The van der Waals surface area contributed by atoms with E-state index >= 15 is 0 Å². The van der Waals surface area contributed by atoms with E-state index in [2.05, 4.69) is 18.7 Å². The number of para-hydroxylation sites is 2. The number of carbonyl (C=O) groups excluding carboxylic acids is 1. The van der Waals surface area contributed by atoms with Gasteiger partial charge >= 0.3 is 0 Å². The Hall–Kier alpha value is -1.22. The normalized spacial score (nSPS) is 10.6. The van der Waals surface area contributed by atoms with Gasteiger partial charge in [-0.2, -0.15) is 0 Å². The number of carbonyl (C=O) groups is 1. The summed E-state index contributed by atoms with van der Waals surface area (Å²) in [5.41, 5.74) is 2.34. The van der Waals surface area contributed by atoms with Crippen LogP contribution >= 0.6 is 45.3 Å². The number of imidazole rings is 1. The average Bonchev–Trinajstić information content (AvgIpc) is 3.25. The highest BCUT2D eigenvalue weighted by Gasteiger charge is 2.15. The smallest absolute Gasteiger partial charge is 0.203 e. The van der Waals surface area contributed by atoms with Crippen molar-refractivity contribution in [2.24, 2.45) is 0 Å². The third-order valence-electron chi connectivity index (χ3n) is 4.61. The average molecular weight is 518 g/mol. The number of hydrogen-bond acceptors (Lipinski definition) is 4. The fourth-order valence-electron chi connectivity index (χ4n) is 3.12. The Morgan fingerprint density at radius 1 is 1.04 bits per heavy atom. The highest BCUT2D eigenvalue weighted by Crippen LogP contribution is 2.15. The Morgan fingerprint density at radius 3 is 2.22 bits per heavy atom. The summed E-state index contributed by atoms with van der Waals surface area (Å²) in [6.07, 6.45) is 0. The highest BCUT2D eigenvalue weighted by molar-refractivity contribution is 8.93.